The van der Waals surface area contributed by atoms with Gasteiger partial charge in [0.05, 0.1) is 38.7 Å². The third-order valence-corrected chi connectivity index (χ3v) is 2.94. The first-order valence-electron chi connectivity index (χ1n) is 6.95. The van der Waals surface area contributed by atoms with E-state index in [9.17, 15) is 14.4 Å². The minimum absolute atomic E-state index is 0.00757. The van der Waals surface area contributed by atoms with E-state index >= 15 is 0 Å². The average molecular weight is 340 g/mol. The topological polar surface area (TPSA) is 123 Å². The molecule has 0 aromatic heterocycles. The number of nitrogens with one attached hydrogen (secondary N) is 2. The number of carbonyl (C=O) groups is 3. The number of esters is 1. The number of ether oxygens (including phenoxy) is 3. The molecule has 132 valence electrons. The Morgan fingerprint density at radius 3 is 2.17 bits per heavy atom. The lowest BCUT2D eigenvalue weighted by Crippen LogP contribution is -2.39. The Bertz CT molecular complexity index is 628. The number of aliphatic hydroxyl groups is 1. The highest BCUT2D eigenvalue weighted by Crippen LogP contribution is 2.33. The molecule has 1 aromatic rings. The third-order valence-electron chi connectivity index (χ3n) is 2.94. The molecule has 0 spiro atoms. The lowest BCUT2D eigenvalue weighted by Gasteiger charge is -2.14. The number of methoxy groups -OCH3 is 3. The van der Waals surface area contributed by atoms with Gasteiger partial charge in [0, 0.05) is 18.7 Å². The molecule has 1 rings (SSSR count). The summed E-state index contributed by atoms with van der Waals surface area (Å²) in [4.78, 5) is 35.5. The SMILES string of the molecule is COC(=O)c1cc(OC)c(OC)cc1NC(=O)C(=O)NC[C@H](C)O. The standard InChI is InChI=1S/C15H20N2O7/c1-8(18)7-16-13(19)14(20)17-10-6-12(23-3)11(22-2)5-9(10)15(21)24-4/h5-6,8,18H,7H2,1-4H3,(H,16,19)(H,17,20)/t8-/m0/s1. The van der Waals surface area contributed by atoms with Crippen LogP contribution in [0.4, 0.5) is 5.69 Å². The van der Waals surface area contributed by atoms with Crippen LogP contribution in [0, 0.1) is 0 Å². The Morgan fingerprint density at radius 1 is 1.08 bits per heavy atom. The Labute approximate surface area is 138 Å². The maximum atomic E-state index is 11.9. The molecule has 0 fully saturated rings. The van der Waals surface area contributed by atoms with Crippen LogP contribution < -0.4 is 20.1 Å². The summed E-state index contributed by atoms with van der Waals surface area (Å²) < 4.78 is 14.8. The first-order chi connectivity index (χ1) is 11.3. The second kappa shape index (κ2) is 8.73. The summed E-state index contributed by atoms with van der Waals surface area (Å²) in [6.07, 6.45) is -0.798. The van der Waals surface area contributed by atoms with Crippen molar-refractivity contribution in [2.75, 3.05) is 33.2 Å². The van der Waals surface area contributed by atoms with E-state index in [-0.39, 0.29) is 29.3 Å². The van der Waals surface area contributed by atoms with Crippen molar-refractivity contribution in [3.63, 3.8) is 0 Å². The maximum Gasteiger partial charge on any atom is 0.340 e. The summed E-state index contributed by atoms with van der Waals surface area (Å²) in [5.41, 5.74) is 0.0172. The van der Waals surface area contributed by atoms with E-state index in [1.54, 1.807) is 0 Å². The lowest BCUT2D eigenvalue weighted by atomic mass is 10.1. The molecule has 3 N–H and O–H groups in total. The van der Waals surface area contributed by atoms with Crippen LogP contribution in [0.5, 0.6) is 11.5 Å². The number of hydrogen-bond acceptors (Lipinski definition) is 7. The molecule has 9 heteroatoms. The first kappa shape index (κ1) is 19.2. The van der Waals surface area contributed by atoms with Gasteiger partial charge in [-0.1, -0.05) is 0 Å². The zero-order chi connectivity index (χ0) is 18.3. The van der Waals surface area contributed by atoms with Crippen molar-refractivity contribution in [2.45, 2.75) is 13.0 Å². The summed E-state index contributed by atoms with van der Waals surface area (Å²) >= 11 is 0. The Morgan fingerprint density at radius 2 is 1.67 bits per heavy atom. The fourth-order valence-electron chi connectivity index (χ4n) is 1.76. The van der Waals surface area contributed by atoms with E-state index < -0.39 is 23.9 Å². The lowest BCUT2D eigenvalue weighted by molar-refractivity contribution is -0.136. The summed E-state index contributed by atoms with van der Waals surface area (Å²) in [5.74, 6) is -2.18. The fraction of sp³-hybridized carbons (Fsp3) is 0.400. The molecular weight excluding hydrogens is 320 g/mol. The third kappa shape index (κ3) is 4.85. The highest BCUT2D eigenvalue weighted by atomic mass is 16.5. The number of carbonyl (C=O) groups excluding carboxylic acids is 3. The van der Waals surface area contributed by atoms with Crippen molar-refractivity contribution >= 4 is 23.5 Å². The van der Waals surface area contributed by atoms with Gasteiger partial charge in [-0.3, -0.25) is 9.59 Å². The van der Waals surface area contributed by atoms with Crippen LogP contribution >= 0.6 is 0 Å². The minimum atomic E-state index is -1.01. The molecule has 0 heterocycles. The monoisotopic (exact) mass is 340 g/mol. The highest BCUT2D eigenvalue weighted by Gasteiger charge is 2.21. The van der Waals surface area contributed by atoms with E-state index in [1.807, 2.05) is 0 Å². The second-order valence-electron chi connectivity index (χ2n) is 4.76. The van der Waals surface area contributed by atoms with Crippen LogP contribution in [0.3, 0.4) is 0 Å². The molecule has 0 aliphatic rings. The predicted octanol–water partition coefficient (Wildman–Crippen LogP) is -0.0741. The zero-order valence-corrected chi connectivity index (χ0v) is 13.8. The fourth-order valence-corrected chi connectivity index (χ4v) is 1.76. The van der Waals surface area contributed by atoms with Gasteiger partial charge in [-0.15, -0.1) is 0 Å². The van der Waals surface area contributed by atoms with Gasteiger partial charge >= 0.3 is 17.8 Å². The molecule has 0 saturated carbocycles. The van der Waals surface area contributed by atoms with Crippen molar-refractivity contribution in [3.8, 4) is 11.5 Å². The molecule has 0 unspecified atom stereocenters. The van der Waals surface area contributed by atoms with E-state index in [0.717, 1.165) is 0 Å². The van der Waals surface area contributed by atoms with Crippen LogP contribution in [0.1, 0.15) is 17.3 Å². The first-order valence-corrected chi connectivity index (χ1v) is 6.95. The molecule has 2 amide bonds. The molecule has 0 aliphatic heterocycles. The minimum Gasteiger partial charge on any atom is -0.493 e. The zero-order valence-electron chi connectivity index (χ0n) is 13.8. The van der Waals surface area contributed by atoms with Gasteiger partial charge in [-0.2, -0.15) is 0 Å². The predicted molar refractivity (Wildman–Crippen MR) is 84.2 cm³/mol. The summed E-state index contributed by atoms with van der Waals surface area (Å²) in [6.45, 7) is 1.38. The van der Waals surface area contributed by atoms with Gasteiger partial charge in [-0.25, -0.2) is 4.79 Å². The van der Waals surface area contributed by atoms with Gasteiger partial charge in [0.25, 0.3) is 0 Å². The van der Waals surface area contributed by atoms with Crippen LogP contribution in [-0.2, 0) is 14.3 Å². The number of rotatable bonds is 6. The molecule has 0 bridgehead atoms. The van der Waals surface area contributed by atoms with E-state index in [2.05, 4.69) is 15.4 Å². The second-order valence-corrected chi connectivity index (χ2v) is 4.76. The van der Waals surface area contributed by atoms with Crippen molar-refractivity contribution in [3.05, 3.63) is 17.7 Å². The average Bonchev–Trinajstić information content (AvgIpc) is 2.58. The van der Waals surface area contributed by atoms with E-state index in [0.29, 0.717) is 0 Å². The van der Waals surface area contributed by atoms with Gasteiger partial charge in [-0.05, 0) is 6.92 Å². The summed E-state index contributed by atoms with van der Waals surface area (Å²) in [6, 6.07) is 2.67. The summed E-state index contributed by atoms with van der Waals surface area (Å²) in [7, 11) is 3.96. The Balaban J connectivity index is 3.10. The maximum absolute atomic E-state index is 11.9. The van der Waals surface area contributed by atoms with Crippen molar-refractivity contribution in [1.29, 1.82) is 0 Å². The van der Waals surface area contributed by atoms with E-state index in [4.69, 9.17) is 14.6 Å². The number of aliphatic hydroxyl groups excluding tert-OH is 1. The Kier molecular flexibility index (Phi) is 6.99. The number of benzene rings is 1. The number of hydrogen-bond donors (Lipinski definition) is 3. The van der Waals surface area contributed by atoms with Crippen LogP contribution in [0.15, 0.2) is 12.1 Å². The van der Waals surface area contributed by atoms with Gasteiger partial charge in [0.2, 0.25) is 0 Å². The number of amides is 2. The van der Waals surface area contributed by atoms with Crippen LogP contribution in [0.2, 0.25) is 0 Å². The molecule has 0 radical (unpaired) electrons. The molecule has 1 aromatic carbocycles. The van der Waals surface area contributed by atoms with Crippen molar-refractivity contribution < 1.29 is 33.7 Å². The quantitative estimate of drug-likeness (QED) is 0.489. The molecule has 24 heavy (non-hydrogen) atoms. The van der Waals surface area contributed by atoms with Crippen molar-refractivity contribution in [2.24, 2.45) is 0 Å². The molecular formula is C15H20N2O7. The van der Waals surface area contributed by atoms with Crippen LogP contribution in [-0.4, -0.2) is 56.9 Å². The van der Waals surface area contributed by atoms with Crippen molar-refractivity contribution in [1.82, 2.24) is 5.32 Å². The molecule has 9 nitrogen and oxygen atoms in total. The van der Waals surface area contributed by atoms with Crippen LogP contribution in [0.25, 0.3) is 0 Å². The number of anilines is 1. The molecule has 0 saturated heterocycles. The van der Waals surface area contributed by atoms with Gasteiger partial charge < -0.3 is 30.0 Å². The Hall–Kier alpha value is -2.81. The smallest absolute Gasteiger partial charge is 0.340 e. The molecule has 0 aliphatic carbocycles. The largest absolute Gasteiger partial charge is 0.493 e. The molecule has 1 atom stereocenters. The highest BCUT2D eigenvalue weighted by molar-refractivity contribution is 6.40. The van der Waals surface area contributed by atoms with Gasteiger partial charge in [0.1, 0.15) is 0 Å². The summed E-state index contributed by atoms with van der Waals surface area (Å²) in [5, 5.41) is 13.7. The van der Waals surface area contributed by atoms with Gasteiger partial charge in [0.15, 0.2) is 11.5 Å². The normalized spacial score (nSPS) is 11.2. The van der Waals surface area contributed by atoms with E-state index in [1.165, 1.54) is 40.4 Å².